The molecule has 0 aliphatic carbocycles. The van der Waals surface area contributed by atoms with Crippen LogP contribution in [0.2, 0.25) is 0 Å². The Bertz CT molecular complexity index is 873. The predicted octanol–water partition coefficient (Wildman–Crippen LogP) is 3.25. The summed E-state index contributed by atoms with van der Waals surface area (Å²) in [6.45, 7) is 2.30. The monoisotopic (exact) mass is 340 g/mol. The van der Waals surface area contributed by atoms with E-state index in [1.165, 1.54) is 12.1 Å². The molecule has 3 aromatic rings. The summed E-state index contributed by atoms with van der Waals surface area (Å²) in [4.78, 5) is 10.4. The molecule has 0 radical (unpaired) electrons. The van der Waals surface area contributed by atoms with Gasteiger partial charge in [0.15, 0.2) is 5.69 Å². The second kappa shape index (κ2) is 7.00. The van der Waals surface area contributed by atoms with Gasteiger partial charge in [0.05, 0.1) is 24.3 Å². The van der Waals surface area contributed by atoms with Crippen LogP contribution in [0.5, 0.6) is 11.6 Å². The summed E-state index contributed by atoms with van der Waals surface area (Å²) in [5.74, 6) is 1.21. The first-order chi connectivity index (χ1) is 12.1. The molecule has 8 nitrogen and oxygen atoms in total. The Kier molecular flexibility index (Phi) is 4.60. The molecule has 0 amide bonds. The molecule has 0 bridgehead atoms. The van der Waals surface area contributed by atoms with Crippen molar-refractivity contribution in [1.82, 2.24) is 15.0 Å². The van der Waals surface area contributed by atoms with Gasteiger partial charge in [-0.1, -0.05) is 5.21 Å². The van der Waals surface area contributed by atoms with Crippen LogP contribution >= 0.6 is 0 Å². The van der Waals surface area contributed by atoms with Gasteiger partial charge in [0.1, 0.15) is 5.75 Å². The van der Waals surface area contributed by atoms with Crippen molar-refractivity contribution in [3.63, 3.8) is 0 Å². The molecule has 1 aromatic heterocycles. The lowest BCUT2D eigenvalue weighted by Gasteiger charge is -2.09. The minimum Gasteiger partial charge on any atom is -0.497 e. The van der Waals surface area contributed by atoms with Gasteiger partial charge in [-0.15, -0.1) is 5.10 Å². The van der Waals surface area contributed by atoms with Crippen LogP contribution in [-0.2, 0) is 0 Å². The fourth-order valence-corrected chi connectivity index (χ4v) is 2.35. The largest absolute Gasteiger partial charge is 0.497 e. The molecular weight excluding hydrogens is 324 g/mol. The van der Waals surface area contributed by atoms with Crippen LogP contribution < -0.4 is 9.47 Å². The summed E-state index contributed by atoms with van der Waals surface area (Å²) in [5, 5.41) is 19.1. The minimum atomic E-state index is -0.443. The number of nitrogens with zero attached hydrogens (tertiary/aromatic N) is 4. The lowest BCUT2D eigenvalue weighted by atomic mass is 10.1. The van der Waals surface area contributed by atoms with Crippen molar-refractivity contribution in [3.8, 4) is 28.6 Å². The molecule has 2 aromatic carbocycles. The van der Waals surface area contributed by atoms with Gasteiger partial charge in [-0.05, 0) is 43.3 Å². The molecule has 128 valence electrons. The van der Waals surface area contributed by atoms with Gasteiger partial charge in [0, 0.05) is 17.7 Å². The molecule has 0 saturated heterocycles. The van der Waals surface area contributed by atoms with Crippen molar-refractivity contribution in [2.24, 2.45) is 0 Å². The average molecular weight is 340 g/mol. The van der Waals surface area contributed by atoms with Crippen LogP contribution in [-0.4, -0.2) is 33.6 Å². The molecule has 8 heteroatoms. The molecule has 25 heavy (non-hydrogen) atoms. The van der Waals surface area contributed by atoms with Gasteiger partial charge >= 0.3 is 0 Å². The molecule has 3 rings (SSSR count). The number of hydrogen-bond acceptors (Lipinski definition) is 6. The molecule has 0 unspecified atom stereocenters. The maximum absolute atomic E-state index is 10.8. The minimum absolute atomic E-state index is 0.0178. The Morgan fingerprint density at radius 1 is 1.12 bits per heavy atom. The highest BCUT2D eigenvalue weighted by molar-refractivity contribution is 5.66. The van der Waals surface area contributed by atoms with Crippen LogP contribution in [0.4, 0.5) is 5.69 Å². The van der Waals surface area contributed by atoms with Crippen LogP contribution in [0.3, 0.4) is 0 Å². The fourth-order valence-electron chi connectivity index (χ4n) is 2.35. The lowest BCUT2D eigenvalue weighted by molar-refractivity contribution is -0.384. The van der Waals surface area contributed by atoms with Gasteiger partial charge in [-0.25, -0.2) is 0 Å². The van der Waals surface area contributed by atoms with Crippen molar-refractivity contribution in [1.29, 1.82) is 0 Å². The van der Waals surface area contributed by atoms with E-state index in [2.05, 4.69) is 10.3 Å². The second-order valence-corrected chi connectivity index (χ2v) is 5.09. The van der Waals surface area contributed by atoms with Crippen LogP contribution in [0.1, 0.15) is 6.92 Å². The quantitative estimate of drug-likeness (QED) is 0.505. The highest BCUT2D eigenvalue weighted by Gasteiger charge is 2.18. The maximum atomic E-state index is 10.8. The number of rotatable bonds is 6. The van der Waals surface area contributed by atoms with Gasteiger partial charge in [0.25, 0.3) is 5.69 Å². The Hall–Kier alpha value is -3.42. The number of non-ortho nitro benzene ring substituents is 1. The van der Waals surface area contributed by atoms with Crippen molar-refractivity contribution >= 4 is 5.69 Å². The summed E-state index contributed by atoms with van der Waals surface area (Å²) in [6, 6.07) is 13.4. The number of nitro groups is 1. The first-order valence-corrected chi connectivity index (χ1v) is 7.61. The zero-order chi connectivity index (χ0) is 17.8. The number of aromatic nitrogens is 3. The highest BCUT2D eigenvalue weighted by atomic mass is 16.6. The summed E-state index contributed by atoms with van der Waals surface area (Å²) < 4.78 is 12.5. The van der Waals surface area contributed by atoms with Crippen LogP contribution in [0, 0.1) is 10.1 Å². The zero-order valence-corrected chi connectivity index (χ0v) is 13.7. The SMILES string of the molecule is CCOc1c(-c2ccc([N+](=O)[O-])cc2)nnn1-c1ccc(OC)cc1. The topological polar surface area (TPSA) is 92.3 Å². The Balaban J connectivity index is 2.02. The van der Waals surface area contributed by atoms with E-state index < -0.39 is 4.92 Å². The first-order valence-electron chi connectivity index (χ1n) is 7.61. The van der Waals surface area contributed by atoms with E-state index in [-0.39, 0.29) is 5.69 Å². The van der Waals surface area contributed by atoms with Crippen molar-refractivity contribution < 1.29 is 14.4 Å². The summed E-state index contributed by atoms with van der Waals surface area (Å²) in [6.07, 6.45) is 0. The van der Waals surface area contributed by atoms with E-state index in [0.717, 1.165) is 11.4 Å². The van der Waals surface area contributed by atoms with E-state index in [1.807, 2.05) is 31.2 Å². The highest BCUT2D eigenvalue weighted by Crippen LogP contribution is 2.31. The first kappa shape index (κ1) is 16.4. The van der Waals surface area contributed by atoms with Gasteiger partial charge < -0.3 is 9.47 Å². The zero-order valence-electron chi connectivity index (χ0n) is 13.7. The summed E-state index contributed by atoms with van der Waals surface area (Å²) >= 11 is 0. The third kappa shape index (κ3) is 3.27. The molecular formula is C17H16N4O4. The normalized spacial score (nSPS) is 10.5. The molecule has 0 fully saturated rings. The number of hydrogen-bond donors (Lipinski definition) is 0. The Morgan fingerprint density at radius 2 is 1.80 bits per heavy atom. The fraction of sp³-hybridized carbons (Fsp3) is 0.176. The molecule has 0 atom stereocenters. The molecule has 1 heterocycles. The predicted molar refractivity (Wildman–Crippen MR) is 91.2 cm³/mol. The van der Waals surface area contributed by atoms with E-state index in [1.54, 1.807) is 23.9 Å². The Labute approximate surface area is 143 Å². The molecule has 0 aliphatic heterocycles. The lowest BCUT2D eigenvalue weighted by Crippen LogP contribution is -2.03. The summed E-state index contributed by atoms with van der Waals surface area (Å²) in [5.41, 5.74) is 2.00. The third-order valence-corrected chi connectivity index (χ3v) is 3.58. The van der Waals surface area contributed by atoms with Crippen molar-refractivity contribution in [3.05, 3.63) is 58.6 Å². The van der Waals surface area contributed by atoms with Gasteiger partial charge in [-0.2, -0.15) is 4.68 Å². The van der Waals surface area contributed by atoms with E-state index in [9.17, 15) is 10.1 Å². The van der Waals surface area contributed by atoms with E-state index in [4.69, 9.17) is 9.47 Å². The maximum Gasteiger partial charge on any atom is 0.269 e. The molecule has 0 N–H and O–H groups in total. The van der Waals surface area contributed by atoms with Crippen molar-refractivity contribution in [2.75, 3.05) is 13.7 Å². The number of benzene rings is 2. The molecule has 0 aliphatic rings. The molecule has 0 saturated carbocycles. The van der Waals surface area contributed by atoms with Gasteiger partial charge in [-0.3, -0.25) is 10.1 Å². The van der Waals surface area contributed by atoms with Crippen LogP contribution in [0.15, 0.2) is 48.5 Å². The smallest absolute Gasteiger partial charge is 0.269 e. The Morgan fingerprint density at radius 3 is 2.36 bits per heavy atom. The van der Waals surface area contributed by atoms with E-state index >= 15 is 0 Å². The standard InChI is InChI=1S/C17H16N4O4/c1-3-25-17-16(12-4-6-14(7-5-12)21(22)23)18-19-20(17)13-8-10-15(24-2)11-9-13/h4-11H,3H2,1-2H3. The third-order valence-electron chi connectivity index (χ3n) is 3.58. The van der Waals surface area contributed by atoms with Crippen molar-refractivity contribution in [2.45, 2.75) is 6.92 Å². The second-order valence-electron chi connectivity index (χ2n) is 5.09. The number of methoxy groups -OCH3 is 1. The van der Waals surface area contributed by atoms with E-state index in [0.29, 0.717) is 23.7 Å². The summed E-state index contributed by atoms with van der Waals surface area (Å²) in [7, 11) is 1.60. The number of ether oxygens (including phenoxy) is 2. The van der Waals surface area contributed by atoms with Crippen LogP contribution in [0.25, 0.3) is 16.9 Å². The van der Waals surface area contributed by atoms with Gasteiger partial charge in [0.2, 0.25) is 5.88 Å². The molecule has 0 spiro atoms. The number of nitro benzene ring substituents is 1. The average Bonchev–Trinajstić information content (AvgIpc) is 3.06.